The predicted molar refractivity (Wildman–Crippen MR) is 117 cm³/mol. The molecule has 2 saturated heterocycles. The van der Waals surface area contributed by atoms with E-state index >= 15 is 0 Å². The second-order valence-electron chi connectivity index (χ2n) is 7.36. The molecule has 156 valence electrons. The lowest BCUT2D eigenvalue weighted by atomic mass is 10.3. The SMILES string of the molecule is CN1CCN(c2ccc(N3CCN(S(=O)(=O)c4ccccc4Br)CC3)nn2)CC1. The number of likely N-dealkylation sites (N-methyl/N-ethyl adjacent to an activating group) is 1. The van der Waals surface area contributed by atoms with Crippen LogP contribution in [0.2, 0.25) is 0 Å². The Bertz CT molecular complexity index is 939. The average Bonchev–Trinajstić information content (AvgIpc) is 2.75. The van der Waals surface area contributed by atoms with Gasteiger partial charge >= 0.3 is 0 Å². The summed E-state index contributed by atoms with van der Waals surface area (Å²) in [4.78, 5) is 6.95. The van der Waals surface area contributed by atoms with E-state index in [1.54, 1.807) is 18.2 Å². The third-order valence-electron chi connectivity index (χ3n) is 5.48. The van der Waals surface area contributed by atoms with Crippen molar-refractivity contribution in [1.29, 1.82) is 0 Å². The van der Waals surface area contributed by atoms with Crippen LogP contribution in [0.4, 0.5) is 11.6 Å². The van der Waals surface area contributed by atoms with E-state index in [0.717, 1.165) is 37.8 Å². The van der Waals surface area contributed by atoms with Gasteiger partial charge in [0.2, 0.25) is 10.0 Å². The first-order valence-electron chi connectivity index (χ1n) is 9.72. The van der Waals surface area contributed by atoms with Crippen molar-refractivity contribution in [3.8, 4) is 0 Å². The Hall–Kier alpha value is -1.75. The number of anilines is 2. The number of rotatable bonds is 4. The molecule has 0 amide bonds. The Labute approximate surface area is 180 Å². The van der Waals surface area contributed by atoms with Gasteiger partial charge in [-0.15, -0.1) is 10.2 Å². The first-order chi connectivity index (χ1) is 13.9. The zero-order valence-corrected chi connectivity index (χ0v) is 18.8. The molecule has 2 fully saturated rings. The summed E-state index contributed by atoms with van der Waals surface area (Å²) < 4.78 is 28.0. The Morgan fingerprint density at radius 1 is 0.793 bits per heavy atom. The van der Waals surface area contributed by atoms with Gasteiger partial charge in [-0.2, -0.15) is 4.31 Å². The lowest BCUT2D eigenvalue weighted by Gasteiger charge is -2.35. The van der Waals surface area contributed by atoms with E-state index in [4.69, 9.17) is 0 Å². The topological polar surface area (TPSA) is 72.9 Å². The van der Waals surface area contributed by atoms with Crippen molar-refractivity contribution < 1.29 is 8.42 Å². The van der Waals surface area contributed by atoms with Gasteiger partial charge < -0.3 is 14.7 Å². The summed E-state index contributed by atoms with van der Waals surface area (Å²) in [7, 11) is -1.38. The molecule has 0 saturated carbocycles. The minimum absolute atomic E-state index is 0.310. The van der Waals surface area contributed by atoms with Gasteiger partial charge in [0.05, 0.1) is 4.90 Å². The number of piperazine rings is 2. The van der Waals surface area contributed by atoms with Crippen LogP contribution in [-0.4, -0.2) is 87.2 Å². The third kappa shape index (κ3) is 4.40. The minimum atomic E-state index is -3.51. The van der Waals surface area contributed by atoms with Gasteiger partial charge in [0.15, 0.2) is 11.6 Å². The molecule has 0 unspecified atom stereocenters. The first-order valence-corrected chi connectivity index (χ1v) is 12.0. The maximum Gasteiger partial charge on any atom is 0.244 e. The maximum absolute atomic E-state index is 12.9. The van der Waals surface area contributed by atoms with Gasteiger partial charge in [-0.25, -0.2) is 8.42 Å². The molecule has 10 heteroatoms. The predicted octanol–water partition coefficient (Wildman–Crippen LogP) is 1.50. The van der Waals surface area contributed by atoms with Crippen LogP contribution in [0.25, 0.3) is 0 Å². The van der Waals surface area contributed by atoms with E-state index in [2.05, 4.69) is 47.9 Å². The van der Waals surface area contributed by atoms with Gasteiger partial charge in [0.25, 0.3) is 0 Å². The molecule has 0 spiro atoms. The summed E-state index contributed by atoms with van der Waals surface area (Å²) in [5.74, 6) is 1.69. The Kier molecular flexibility index (Phi) is 6.05. The molecule has 3 heterocycles. The number of halogens is 1. The normalized spacial score (nSPS) is 19.5. The monoisotopic (exact) mass is 480 g/mol. The van der Waals surface area contributed by atoms with Crippen LogP contribution in [0.5, 0.6) is 0 Å². The molecule has 29 heavy (non-hydrogen) atoms. The number of hydrogen-bond donors (Lipinski definition) is 0. The molecule has 4 rings (SSSR count). The molecular formula is C19H25BrN6O2S. The van der Waals surface area contributed by atoms with Gasteiger partial charge in [0, 0.05) is 56.8 Å². The molecule has 2 aromatic rings. The molecule has 1 aromatic heterocycles. The van der Waals surface area contributed by atoms with Crippen molar-refractivity contribution in [3.05, 3.63) is 40.9 Å². The van der Waals surface area contributed by atoms with Crippen LogP contribution in [0, 0.1) is 0 Å². The lowest BCUT2D eigenvalue weighted by molar-refractivity contribution is 0.312. The Balaban J connectivity index is 1.39. The lowest BCUT2D eigenvalue weighted by Crippen LogP contribution is -2.49. The summed E-state index contributed by atoms with van der Waals surface area (Å²) in [6.45, 7) is 5.98. The smallest absolute Gasteiger partial charge is 0.244 e. The fourth-order valence-electron chi connectivity index (χ4n) is 3.64. The zero-order chi connectivity index (χ0) is 20.4. The molecule has 0 bridgehead atoms. The number of aromatic nitrogens is 2. The summed E-state index contributed by atoms with van der Waals surface area (Å²) in [5.41, 5.74) is 0. The Morgan fingerprint density at radius 3 is 1.83 bits per heavy atom. The maximum atomic E-state index is 12.9. The number of hydrogen-bond acceptors (Lipinski definition) is 7. The van der Waals surface area contributed by atoms with Gasteiger partial charge in [0.1, 0.15) is 0 Å². The molecule has 0 aliphatic carbocycles. The molecule has 0 atom stereocenters. The highest BCUT2D eigenvalue weighted by molar-refractivity contribution is 9.10. The van der Waals surface area contributed by atoms with Gasteiger partial charge in [-0.3, -0.25) is 0 Å². The quantitative estimate of drug-likeness (QED) is 0.656. The zero-order valence-electron chi connectivity index (χ0n) is 16.4. The van der Waals surface area contributed by atoms with Crippen molar-refractivity contribution in [2.75, 3.05) is 69.2 Å². The molecular weight excluding hydrogens is 456 g/mol. The summed E-state index contributed by atoms with van der Waals surface area (Å²) >= 11 is 3.35. The van der Waals surface area contributed by atoms with E-state index in [0.29, 0.717) is 35.5 Å². The van der Waals surface area contributed by atoms with E-state index in [1.165, 1.54) is 4.31 Å². The van der Waals surface area contributed by atoms with Crippen molar-refractivity contribution in [2.45, 2.75) is 4.90 Å². The molecule has 1 aromatic carbocycles. The second kappa shape index (κ2) is 8.55. The van der Waals surface area contributed by atoms with E-state index in [-0.39, 0.29) is 0 Å². The fourth-order valence-corrected chi connectivity index (χ4v) is 6.03. The molecule has 8 nitrogen and oxygen atoms in total. The largest absolute Gasteiger partial charge is 0.353 e. The van der Waals surface area contributed by atoms with Gasteiger partial charge in [-0.1, -0.05) is 12.1 Å². The molecule has 2 aliphatic rings. The van der Waals surface area contributed by atoms with Crippen LogP contribution in [0.15, 0.2) is 45.8 Å². The van der Waals surface area contributed by atoms with Crippen LogP contribution in [-0.2, 0) is 10.0 Å². The number of benzene rings is 1. The van der Waals surface area contributed by atoms with Crippen LogP contribution >= 0.6 is 15.9 Å². The van der Waals surface area contributed by atoms with Crippen molar-refractivity contribution in [3.63, 3.8) is 0 Å². The van der Waals surface area contributed by atoms with Crippen LogP contribution in [0.3, 0.4) is 0 Å². The van der Waals surface area contributed by atoms with Crippen LogP contribution < -0.4 is 9.80 Å². The standard InChI is InChI=1S/C19H25BrN6O2S/c1-23-8-10-24(11-9-23)18-6-7-19(22-21-18)25-12-14-26(15-13-25)29(27,28)17-5-3-2-4-16(17)20/h2-7H,8-15H2,1H3. The third-order valence-corrected chi connectivity index (χ3v) is 8.39. The van der Waals surface area contributed by atoms with Crippen molar-refractivity contribution in [1.82, 2.24) is 19.4 Å². The highest BCUT2D eigenvalue weighted by atomic mass is 79.9. The van der Waals surface area contributed by atoms with Crippen molar-refractivity contribution in [2.24, 2.45) is 0 Å². The number of sulfonamides is 1. The average molecular weight is 481 g/mol. The molecule has 0 radical (unpaired) electrons. The summed E-state index contributed by atoms with van der Waals surface area (Å²) in [6, 6.07) is 10.9. The highest BCUT2D eigenvalue weighted by Crippen LogP contribution is 2.26. The Morgan fingerprint density at radius 2 is 1.31 bits per heavy atom. The van der Waals surface area contributed by atoms with Crippen LogP contribution in [0.1, 0.15) is 0 Å². The summed E-state index contributed by atoms with van der Waals surface area (Å²) in [6.07, 6.45) is 0. The second-order valence-corrected chi connectivity index (χ2v) is 10.1. The minimum Gasteiger partial charge on any atom is -0.353 e. The molecule has 2 aliphatic heterocycles. The highest BCUT2D eigenvalue weighted by Gasteiger charge is 2.30. The fraction of sp³-hybridized carbons (Fsp3) is 0.474. The van der Waals surface area contributed by atoms with E-state index < -0.39 is 10.0 Å². The first kappa shape index (κ1) is 20.5. The van der Waals surface area contributed by atoms with E-state index in [1.807, 2.05) is 18.2 Å². The number of nitrogens with zero attached hydrogens (tertiary/aromatic N) is 6. The van der Waals surface area contributed by atoms with Gasteiger partial charge in [-0.05, 0) is 47.2 Å². The molecule has 0 N–H and O–H groups in total. The van der Waals surface area contributed by atoms with Crippen molar-refractivity contribution >= 4 is 37.6 Å². The summed E-state index contributed by atoms with van der Waals surface area (Å²) in [5, 5.41) is 8.81. The van der Waals surface area contributed by atoms with E-state index in [9.17, 15) is 8.42 Å².